The second-order valence-corrected chi connectivity index (χ2v) is 5.28. The first kappa shape index (κ1) is 14.1. The molecule has 1 aliphatic heterocycles. The van der Waals surface area contributed by atoms with Crippen LogP contribution in [0.3, 0.4) is 0 Å². The molecule has 104 valence electrons. The lowest BCUT2D eigenvalue weighted by atomic mass is 10.0. The Bertz CT molecular complexity index is 411. The van der Waals surface area contributed by atoms with Gasteiger partial charge >= 0.3 is 0 Å². The normalized spacial score (nSPS) is 19.1. The molecule has 1 atom stereocenters. The van der Waals surface area contributed by atoms with E-state index in [2.05, 4.69) is 23.6 Å². The van der Waals surface area contributed by atoms with Gasteiger partial charge in [0.2, 0.25) is 0 Å². The third-order valence-electron chi connectivity index (χ3n) is 3.69. The van der Waals surface area contributed by atoms with E-state index in [0.29, 0.717) is 0 Å². The Kier molecular flexibility index (Phi) is 5.40. The average molecular weight is 260 g/mol. The van der Waals surface area contributed by atoms with Gasteiger partial charge in [-0.2, -0.15) is 0 Å². The standard InChI is InChI=1S/C16H24N2O/c1-2-3-7-13-8-4-5-10-15(13)16(19)18-14-9-6-11-17-12-14/h4-5,8,10,14,17H,2-3,6-7,9,11-12H2,1H3,(H,18,19). The molecule has 0 aromatic heterocycles. The third kappa shape index (κ3) is 4.06. The fourth-order valence-corrected chi connectivity index (χ4v) is 2.57. The van der Waals surface area contributed by atoms with Gasteiger partial charge < -0.3 is 10.6 Å². The molecule has 0 aliphatic carbocycles. The molecule has 1 aromatic carbocycles. The Hall–Kier alpha value is -1.35. The van der Waals surface area contributed by atoms with Crippen molar-refractivity contribution in [2.75, 3.05) is 13.1 Å². The predicted molar refractivity (Wildman–Crippen MR) is 78.4 cm³/mol. The number of carbonyl (C=O) groups is 1. The molecular formula is C16H24N2O. The number of hydrogen-bond acceptors (Lipinski definition) is 2. The van der Waals surface area contributed by atoms with E-state index in [-0.39, 0.29) is 11.9 Å². The lowest BCUT2D eigenvalue weighted by Crippen LogP contribution is -2.45. The lowest BCUT2D eigenvalue weighted by molar-refractivity contribution is 0.0929. The topological polar surface area (TPSA) is 41.1 Å². The largest absolute Gasteiger partial charge is 0.348 e. The van der Waals surface area contributed by atoms with Gasteiger partial charge in [-0.1, -0.05) is 31.5 Å². The zero-order valence-electron chi connectivity index (χ0n) is 11.7. The molecule has 0 spiro atoms. The molecule has 0 saturated carbocycles. The van der Waals surface area contributed by atoms with Crippen LogP contribution in [0.1, 0.15) is 48.5 Å². The fraction of sp³-hybridized carbons (Fsp3) is 0.562. The van der Waals surface area contributed by atoms with Crippen LogP contribution in [0.5, 0.6) is 0 Å². The molecular weight excluding hydrogens is 236 g/mol. The van der Waals surface area contributed by atoms with Gasteiger partial charge in [0.05, 0.1) is 0 Å². The van der Waals surface area contributed by atoms with Crippen molar-refractivity contribution in [2.45, 2.75) is 45.1 Å². The quantitative estimate of drug-likeness (QED) is 0.854. The number of rotatable bonds is 5. The SMILES string of the molecule is CCCCc1ccccc1C(=O)NC1CCCNC1. The van der Waals surface area contributed by atoms with Crippen molar-refractivity contribution in [2.24, 2.45) is 0 Å². The third-order valence-corrected chi connectivity index (χ3v) is 3.69. The van der Waals surface area contributed by atoms with Crippen molar-refractivity contribution in [3.63, 3.8) is 0 Å². The van der Waals surface area contributed by atoms with Gasteiger partial charge in [0.15, 0.2) is 0 Å². The maximum Gasteiger partial charge on any atom is 0.251 e. The summed E-state index contributed by atoms with van der Waals surface area (Å²) >= 11 is 0. The molecule has 0 radical (unpaired) electrons. The lowest BCUT2D eigenvalue weighted by Gasteiger charge is -2.24. The van der Waals surface area contributed by atoms with E-state index < -0.39 is 0 Å². The summed E-state index contributed by atoms with van der Waals surface area (Å²) in [7, 11) is 0. The minimum Gasteiger partial charge on any atom is -0.348 e. The smallest absolute Gasteiger partial charge is 0.251 e. The van der Waals surface area contributed by atoms with Crippen molar-refractivity contribution in [1.82, 2.24) is 10.6 Å². The Morgan fingerprint density at radius 3 is 3.00 bits per heavy atom. The van der Waals surface area contributed by atoms with Crippen molar-refractivity contribution < 1.29 is 4.79 Å². The van der Waals surface area contributed by atoms with Gasteiger partial charge in [0.25, 0.3) is 5.91 Å². The Balaban J connectivity index is 2.00. The monoisotopic (exact) mass is 260 g/mol. The fourth-order valence-electron chi connectivity index (χ4n) is 2.57. The summed E-state index contributed by atoms with van der Waals surface area (Å²) in [4.78, 5) is 12.4. The molecule has 1 fully saturated rings. The van der Waals surface area contributed by atoms with Crippen molar-refractivity contribution in [1.29, 1.82) is 0 Å². The molecule has 1 aliphatic rings. The van der Waals surface area contributed by atoms with Crippen molar-refractivity contribution >= 4 is 5.91 Å². The molecule has 1 unspecified atom stereocenters. The molecule has 2 N–H and O–H groups in total. The summed E-state index contributed by atoms with van der Waals surface area (Å²) in [5, 5.41) is 6.48. The summed E-state index contributed by atoms with van der Waals surface area (Å²) in [5.74, 6) is 0.0837. The zero-order valence-corrected chi connectivity index (χ0v) is 11.7. The number of piperidine rings is 1. The molecule has 3 heteroatoms. The molecule has 3 nitrogen and oxygen atoms in total. The zero-order chi connectivity index (χ0) is 13.5. The van der Waals surface area contributed by atoms with E-state index in [9.17, 15) is 4.79 Å². The first-order chi connectivity index (χ1) is 9.31. The van der Waals surface area contributed by atoms with Gasteiger partial charge in [0, 0.05) is 18.2 Å². The Morgan fingerprint density at radius 2 is 2.26 bits per heavy atom. The Labute approximate surface area is 115 Å². The summed E-state index contributed by atoms with van der Waals surface area (Å²) in [5.41, 5.74) is 2.02. The minimum absolute atomic E-state index is 0.0837. The second-order valence-electron chi connectivity index (χ2n) is 5.28. The predicted octanol–water partition coefficient (Wildman–Crippen LogP) is 2.51. The number of amides is 1. The van der Waals surface area contributed by atoms with E-state index in [0.717, 1.165) is 50.8 Å². The van der Waals surface area contributed by atoms with Gasteiger partial charge in [-0.05, 0) is 43.9 Å². The average Bonchev–Trinajstić information content (AvgIpc) is 2.46. The van der Waals surface area contributed by atoms with Gasteiger partial charge in [-0.15, -0.1) is 0 Å². The number of nitrogens with one attached hydrogen (secondary N) is 2. The van der Waals surface area contributed by atoms with E-state index >= 15 is 0 Å². The van der Waals surface area contributed by atoms with Gasteiger partial charge in [-0.25, -0.2) is 0 Å². The highest BCUT2D eigenvalue weighted by Gasteiger charge is 2.17. The highest BCUT2D eigenvalue weighted by molar-refractivity contribution is 5.95. The van der Waals surface area contributed by atoms with E-state index in [4.69, 9.17) is 0 Å². The van der Waals surface area contributed by atoms with E-state index in [1.54, 1.807) is 0 Å². The summed E-state index contributed by atoms with van der Waals surface area (Å²) < 4.78 is 0. The van der Waals surface area contributed by atoms with Crippen molar-refractivity contribution in [3.05, 3.63) is 35.4 Å². The number of benzene rings is 1. The molecule has 19 heavy (non-hydrogen) atoms. The highest BCUT2D eigenvalue weighted by atomic mass is 16.1. The first-order valence-corrected chi connectivity index (χ1v) is 7.40. The van der Waals surface area contributed by atoms with Crippen molar-refractivity contribution in [3.8, 4) is 0 Å². The summed E-state index contributed by atoms with van der Waals surface area (Å²) in [6.45, 7) is 4.14. The molecule has 0 bridgehead atoms. The summed E-state index contributed by atoms with van der Waals surface area (Å²) in [6, 6.07) is 8.26. The van der Waals surface area contributed by atoms with Crippen LogP contribution >= 0.6 is 0 Å². The van der Waals surface area contributed by atoms with Crippen LogP contribution in [-0.4, -0.2) is 25.0 Å². The Morgan fingerprint density at radius 1 is 1.42 bits per heavy atom. The first-order valence-electron chi connectivity index (χ1n) is 7.40. The molecule has 2 rings (SSSR count). The maximum absolute atomic E-state index is 12.4. The number of aryl methyl sites for hydroxylation is 1. The minimum atomic E-state index is 0.0837. The maximum atomic E-state index is 12.4. The molecule has 1 aromatic rings. The van der Waals surface area contributed by atoms with Gasteiger partial charge in [0.1, 0.15) is 0 Å². The van der Waals surface area contributed by atoms with Crippen LogP contribution in [-0.2, 0) is 6.42 Å². The molecule has 1 saturated heterocycles. The van der Waals surface area contributed by atoms with Crippen LogP contribution in [0, 0.1) is 0 Å². The number of unbranched alkanes of at least 4 members (excludes halogenated alkanes) is 1. The van der Waals surface area contributed by atoms with Crippen LogP contribution in [0.4, 0.5) is 0 Å². The number of hydrogen-bond donors (Lipinski definition) is 2. The number of carbonyl (C=O) groups excluding carboxylic acids is 1. The highest BCUT2D eigenvalue weighted by Crippen LogP contribution is 2.13. The molecule has 1 amide bonds. The van der Waals surface area contributed by atoms with Gasteiger partial charge in [-0.3, -0.25) is 4.79 Å². The molecule has 1 heterocycles. The van der Waals surface area contributed by atoms with Crippen LogP contribution in [0.2, 0.25) is 0 Å². The van der Waals surface area contributed by atoms with Crippen LogP contribution in [0.25, 0.3) is 0 Å². The van der Waals surface area contributed by atoms with Crippen LogP contribution < -0.4 is 10.6 Å². The van der Waals surface area contributed by atoms with E-state index in [1.807, 2.05) is 18.2 Å². The second kappa shape index (κ2) is 7.29. The van der Waals surface area contributed by atoms with Crippen LogP contribution in [0.15, 0.2) is 24.3 Å². The summed E-state index contributed by atoms with van der Waals surface area (Å²) in [6.07, 6.45) is 5.50. The van der Waals surface area contributed by atoms with E-state index in [1.165, 1.54) is 5.56 Å².